The first-order valence-corrected chi connectivity index (χ1v) is 13.2. The minimum absolute atomic E-state index is 0.0648. The van der Waals surface area contributed by atoms with Crippen LogP contribution in [0.4, 0.5) is 0 Å². The van der Waals surface area contributed by atoms with Crippen molar-refractivity contribution in [2.24, 2.45) is 5.92 Å². The SMILES string of the molecule is CC(=O)SCC(C(=O)N[C@@H](C)C(=O)OCc1ccccc1)C(C)c1ccc(OCc2ccccc2)cc1. The lowest BCUT2D eigenvalue weighted by molar-refractivity contribution is -0.149. The monoisotopic (exact) mass is 519 g/mol. The molecule has 1 N–H and O–H groups in total. The molecule has 0 aliphatic rings. The molecule has 2 unspecified atom stereocenters. The number of ether oxygens (including phenoxy) is 2. The third-order valence-corrected chi connectivity index (χ3v) is 6.93. The van der Waals surface area contributed by atoms with E-state index in [9.17, 15) is 14.4 Å². The standard InChI is InChI=1S/C30H33NO5S/c1-21(26-14-16-27(17-15-26)35-18-24-10-6-4-7-11-24)28(20-37-23(3)32)29(33)31-22(2)30(34)36-19-25-12-8-5-9-13-25/h4-17,21-22,28H,18-20H2,1-3H3,(H,31,33)/t21?,22-,28?/m0/s1. The van der Waals surface area contributed by atoms with Crippen LogP contribution in [0.1, 0.15) is 43.4 Å². The maximum atomic E-state index is 13.2. The smallest absolute Gasteiger partial charge is 0.328 e. The van der Waals surface area contributed by atoms with Crippen molar-refractivity contribution in [2.75, 3.05) is 5.75 Å². The summed E-state index contributed by atoms with van der Waals surface area (Å²) in [6.45, 7) is 5.63. The highest BCUT2D eigenvalue weighted by molar-refractivity contribution is 8.13. The lowest BCUT2D eigenvalue weighted by Crippen LogP contribution is -2.44. The van der Waals surface area contributed by atoms with Crippen LogP contribution in [0.15, 0.2) is 84.9 Å². The van der Waals surface area contributed by atoms with Crippen LogP contribution in [0.25, 0.3) is 0 Å². The second-order valence-electron chi connectivity index (χ2n) is 8.86. The molecular formula is C30H33NO5S. The van der Waals surface area contributed by atoms with Gasteiger partial charge in [0.15, 0.2) is 5.12 Å². The Labute approximate surface area is 222 Å². The average molecular weight is 520 g/mol. The molecule has 0 aromatic heterocycles. The van der Waals surface area contributed by atoms with Crippen LogP contribution in [-0.2, 0) is 32.3 Å². The minimum Gasteiger partial charge on any atom is -0.489 e. The van der Waals surface area contributed by atoms with Crippen molar-refractivity contribution in [3.8, 4) is 5.75 Å². The fourth-order valence-corrected chi connectivity index (χ4v) is 4.58. The molecule has 0 saturated heterocycles. The Bertz CT molecular complexity index is 1150. The third-order valence-electron chi connectivity index (χ3n) is 6.00. The van der Waals surface area contributed by atoms with Gasteiger partial charge in [0.2, 0.25) is 5.91 Å². The third kappa shape index (κ3) is 9.10. The lowest BCUT2D eigenvalue weighted by Gasteiger charge is -2.25. The quantitative estimate of drug-likeness (QED) is 0.318. The van der Waals surface area contributed by atoms with E-state index in [1.807, 2.05) is 91.9 Å². The minimum atomic E-state index is -0.818. The van der Waals surface area contributed by atoms with Crippen molar-refractivity contribution < 1.29 is 23.9 Å². The molecule has 3 rings (SSSR count). The van der Waals surface area contributed by atoms with Crippen molar-refractivity contribution in [3.63, 3.8) is 0 Å². The molecule has 0 bridgehead atoms. The van der Waals surface area contributed by atoms with Crippen LogP contribution in [0, 0.1) is 5.92 Å². The number of hydrogen-bond acceptors (Lipinski definition) is 6. The maximum Gasteiger partial charge on any atom is 0.328 e. The van der Waals surface area contributed by atoms with E-state index in [4.69, 9.17) is 9.47 Å². The zero-order chi connectivity index (χ0) is 26.6. The Morgan fingerprint density at radius 3 is 1.95 bits per heavy atom. The van der Waals surface area contributed by atoms with Crippen LogP contribution in [0.3, 0.4) is 0 Å². The van der Waals surface area contributed by atoms with E-state index in [0.29, 0.717) is 12.4 Å². The first-order valence-electron chi connectivity index (χ1n) is 12.2. The Hall–Kier alpha value is -3.58. The van der Waals surface area contributed by atoms with E-state index in [1.165, 1.54) is 6.92 Å². The van der Waals surface area contributed by atoms with Crippen molar-refractivity contribution >= 4 is 28.8 Å². The van der Waals surface area contributed by atoms with Crippen LogP contribution >= 0.6 is 11.8 Å². The van der Waals surface area contributed by atoms with Gasteiger partial charge in [-0.3, -0.25) is 9.59 Å². The fourth-order valence-electron chi connectivity index (χ4n) is 3.73. The van der Waals surface area contributed by atoms with Crippen LogP contribution in [-0.4, -0.2) is 28.8 Å². The predicted octanol–water partition coefficient (Wildman–Crippen LogP) is 5.51. The zero-order valence-electron chi connectivity index (χ0n) is 21.4. The number of esters is 1. The summed E-state index contributed by atoms with van der Waals surface area (Å²) >= 11 is 1.10. The molecule has 0 saturated carbocycles. The molecule has 0 fully saturated rings. The van der Waals surface area contributed by atoms with Crippen molar-refractivity contribution in [1.29, 1.82) is 0 Å². The molecule has 0 aliphatic heterocycles. The topological polar surface area (TPSA) is 81.7 Å². The molecule has 0 heterocycles. The number of carbonyl (C=O) groups excluding carboxylic acids is 3. The summed E-state index contributed by atoms with van der Waals surface area (Å²) in [5, 5.41) is 2.71. The van der Waals surface area contributed by atoms with Gasteiger partial charge in [0.05, 0.1) is 5.92 Å². The van der Waals surface area contributed by atoms with E-state index >= 15 is 0 Å². The van der Waals surface area contributed by atoms with E-state index in [-0.39, 0.29) is 23.5 Å². The number of benzene rings is 3. The molecular weight excluding hydrogens is 486 g/mol. The maximum absolute atomic E-state index is 13.2. The van der Waals surface area contributed by atoms with E-state index in [1.54, 1.807) is 6.92 Å². The van der Waals surface area contributed by atoms with Crippen molar-refractivity contribution in [2.45, 2.75) is 45.9 Å². The van der Waals surface area contributed by atoms with Gasteiger partial charge in [-0.25, -0.2) is 4.79 Å². The number of thioether (sulfide) groups is 1. The van der Waals surface area contributed by atoms with Gasteiger partial charge in [0.1, 0.15) is 25.0 Å². The summed E-state index contributed by atoms with van der Waals surface area (Å²) in [4.78, 5) is 37.3. The molecule has 194 valence electrons. The summed E-state index contributed by atoms with van der Waals surface area (Å²) < 4.78 is 11.2. The van der Waals surface area contributed by atoms with Crippen molar-refractivity contribution in [1.82, 2.24) is 5.32 Å². The van der Waals surface area contributed by atoms with E-state index in [0.717, 1.165) is 34.2 Å². The Balaban J connectivity index is 1.61. The highest BCUT2D eigenvalue weighted by atomic mass is 32.2. The van der Waals surface area contributed by atoms with Crippen LogP contribution in [0.2, 0.25) is 0 Å². The average Bonchev–Trinajstić information content (AvgIpc) is 2.91. The predicted molar refractivity (Wildman–Crippen MR) is 146 cm³/mol. The first kappa shape index (κ1) is 28.0. The molecule has 3 atom stereocenters. The molecule has 3 aromatic carbocycles. The number of amides is 1. The summed E-state index contributed by atoms with van der Waals surface area (Å²) in [6.07, 6.45) is 0. The normalized spacial score (nSPS) is 13.2. The summed E-state index contributed by atoms with van der Waals surface area (Å²) in [5.74, 6) is -0.483. The largest absolute Gasteiger partial charge is 0.489 e. The molecule has 6 nitrogen and oxygen atoms in total. The molecule has 0 spiro atoms. The number of nitrogens with one attached hydrogen (secondary N) is 1. The summed E-state index contributed by atoms with van der Waals surface area (Å²) in [7, 11) is 0. The van der Waals surface area contributed by atoms with Gasteiger partial charge < -0.3 is 14.8 Å². The first-order chi connectivity index (χ1) is 17.8. The number of hydrogen-bond donors (Lipinski definition) is 1. The van der Waals surface area contributed by atoms with Gasteiger partial charge in [0, 0.05) is 12.7 Å². The molecule has 3 aromatic rings. The fraction of sp³-hybridized carbons (Fsp3) is 0.300. The second kappa shape index (κ2) is 14.2. The molecule has 0 aliphatic carbocycles. The van der Waals surface area contributed by atoms with E-state index in [2.05, 4.69) is 5.32 Å². The molecule has 7 heteroatoms. The van der Waals surface area contributed by atoms with Gasteiger partial charge in [-0.1, -0.05) is 91.5 Å². The Kier molecular flexibility index (Phi) is 10.8. The Morgan fingerprint density at radius 2 is 1.38 bits per heavy atom. The highest BCUT2D eigenvalue weighted by Gasteiger charge is 2.29. The second-order valence-corrected chi connectivity index (χ2v) is 10.1. The van der Waals surface area contributed by atoms with Crippen molar-refractivity contribution in [3.05, 3.63) is 102 Å². The lowest BCUT2D eigenvalue weighted by atomic mass is 9.88. The van der Waals surface area contributed by atoms with Gasteiger partial charge in [-0.2, -0.15) is 0 Å². The van der Waals surface area contributed by atoms with Crippen LogP contribution < -0.4 is 10.1 Å². The molecule has 37 heavy (non-hydrogen) atoms. The van der Waals surface area contributed by atoms with Gasteiger partial charge in [0.25, 0.3) is 0 Å². The highest BCUT2D eigenvalue weighted by Crippen LogP contribution is 2.29. The van der Waals surface area contributed by atoms with Gasteiger partial charge >= 0.3 is 5.97 Å². The van der Waals surface area contributed by atoms with Crippen LogP contribution in [0.5, 0.6) is 5.75 Å². The number of carbonyl (C=O) groups is 3. The summed E-state index contributed by atoms with van der Waals surface area (Å²) in [6, 6.07) is 26.1. The zero-order valence-corrected chi connectivity index (χ0v) is 22.2. The molecule has 0 radical (unpaired) electrons. The van der Waals surface area contributed by atoms with E-state index < -0.39 is 17.9 Å². The Morgan fingerprint density at radius 1 is 0.811 bits per heavy atom. The molecule has 1 amide bonds. The summed E-state index contributed by atoms with van der Waals surface area (Å²) in [5.41, 5.74) is 2.89. The van der Waals surface area contributed by atoms with Gasteiger partial charge in [-0.05, 0) is 41.7 Å². The number of rotatable bonds is 12. The van der Waals surface area contributed by atoms with Gasteiger partial charge in [-0.15, -0.1) is 0 Å².